The van der Waals surface area contributed by atoms with E-state index in [-0.39, 0.29) is 0 Å². The van der Waals surface area contributed by atoms with E-state index in [2.05, 4.69) is 40.0 Å². The van der Waals surface area contributed by atoms with Gasteiger partial charge in [-0.15, -0.1) is 0 Å². The van der Waals surface area contributed by atoms with Crippen molar-refractivity contribution in [2.24, 2.45) is 20.6 Å². The van der Waals surface area contributed by atoms with Crippen LogP contribution in [0, 0.1) is 0 Å². The van der Waals surface area contributed by atoms with Crippen molar-refractivity contribution in [3.05, 3.63) is 0 Å². The third-order valence-corrected chi connectivity index (χ3v) is 13.5. The number of carboxylic acid groups (broad SMARTS) is 3. The van der Waals surface area contributed by atoms with Crippen molar-refractivity contribution in [3.8, 4) is 0 Å². The molecule has 49 heteroatoms. The molecule has 0 radical (unpaired) electrons. The number of aliphatic hydroxyl groups excluding tert-OH is 20. The fourth-order valence-electron chi connectivity index (χ4n) is 7.67. The molecule has 0 rings (SSSR count). The van der Waals surface area contributed by atoms with Gasteiger partial charge in [-0.3, -0.25) is 38.7 Å². The highest BCUT2D eigenvalue weighted by atomic mass is 16.7. The number of ether oxygens (including phenoxy) is 4. The van der Waals surface area contributed by atoms with Gasteiger partial charge >= 0.3 is 41.8 Å². The minimum atomic E-state index is -2.08. The normalized spacial score (nSPS) is 16.7. The van der Waals surface area contributed by atoms with Gasteiger partial charge in [0.25, 0.3) is 0 Å². The Morgan fingerprint density at radius 1 is 0.291 bits per heavy atom. The maximum Gasteiger partial charge on any atom is 0.347 e. The van der Waals surface area contributed by atoms with Gasteiger partial charge in [-0.05, 0) is 0 Å². The van der Waals surface area contributed by atoms with E-state index in [1.807, 2.05) is 0 Å². The zero-order valence-electron chi connectivity index (χ0n) is 55.0. The predicted molar refractivity (Wildman–Crippen MR) is 331 cm³/mol. The van der Waals surface area contributed by atoms with Crippen molar-refractivity contribution in [2.45, 2.75) is 97.7 Å². The molecule has 0 heterocycles. The molecule has 0 aliphatic heterocycles. The van der Waals surface area contributed by atoms with Crippen LogP contribution in [0.25, 0.3) is 0 Å². The fourth-order valence-corrected chi connectivity index (χ4v) is 7.67. The van der Waals surface area contributed by atoms with E-state index in [9.17, 15) is 140 Å². The van der Waals surface area contributed by atoms with E-state index < -0.39 is 316 Å². The van der Waals surface area contributed by atoms with Crippen LogP contribution in [0.2, 0.25) is 0 Å². The lowest BCUT2D eigenvalue weighted by atomic mass is 10.0. The summed E-state index contributed by atoms with van der Waals surface area (Å²) in [6.07, 6.45) is -29.8. The molecule has 0 bridgehead atoms. The highest BCUT2D eigenvalue weighted by Crippen LogP contribution is 2.09. The molecule has 0 fully saturated rings. The predicted octanol–water partition coefficient (Wildman–Crippen LogP) is -17.3. The molecule has 0 saturated heterocycles. The van der Waals surface area contributed by atoms with Crippen LogP contribution in [0.15, 0.2) is 20.6 Å². The molecule has 103 heavy (non-hydrogen) atoms. The number of oxime groups is 4. The van der Waals surface area contributed by atoms with E-state index in [0.717, 1.165) is 24.5 Å². The molecular weight excluding hydrogens is 1410 g/mol. The molecular formula is C54H93N9O40. The van der Waals surface area contributed by atoms with Gasteiger partial charge in [0, 0.05) is 26.2 Å². The molecule has 2 amide bonds. The summed E-state index contributed by atoms with van der Waals surface area (Å²) < 4.78 is 20.1. The largest absolute Gasteiger partial charge is 0.480 e. The van der Waals surface area contributed by atoms with Crippen LogP contribution in [-0.2, 0) is 81.4 Å². The fraction of sp³-hybridized carbons (Fsp3) is 0.759. The molecule has 0 aliphatic carbocycles. The number of aliphatic hydroxyl groups is 20. The van der Waals surface area contributed by atoms with Crippen LogP contribution < -0.4 is 0 Å². The van der Waals surface area contributed by atoms with Gasteiger partial charge in [-0.1, -0.05) is 20.6 Å². The highest BCUT2D eigenvalue weighted by Gasteiger charge is 2.33. The molecule has 0 aromatic carbocycles. The third-order valence-electron chi connectivity index (χ3n) is 13.5. The number of esters is 4. The lowest BCUT2D eigenvalue weighted by molar-refractivity contribution is -0.153. The number of carboxylic acids is 3. The maximum atomic E-state index is 13.9. The summed E-state index contributed by atoms with van der Waals surface area (Å²) in [5.41, 5.74) is 0. The monoisotopic (exact) mass is 1510 g/mol. The maximum absolute atomic E-state index is 13.9. The summed E-state index contributed by atoms with van der Waals surface area (Å²) in [5.74, 6) is -11.2. The van der Waals surface area contributed by atoms with Crippen LogP contribution in [0.1, 0.15) is 0 Å². The summed E-state index contributed by atoms with van der Waals surface area (Å²) >= 11 is 0. The molecule has 0 aromatic heterocycles. The number of aliphatic carboxylic acids is 3. The smallest absolute Gasteiger partial charge is 0.347 e. The van der Waals surface area contributed by atoms with Crippen molar-refractivity contribution in [3.63, 3.8) is 0 Å². The Morgan fingerprint density at radius 2 is 0.495 bits per heavy atom. The Labute approximate surface area is 583 Å². The minimum absolute atomic E-state index is 0.405. The number of hydrogen-bond acceptors (Lipinski definition) is 44. The number of amides is 2. The van der Waals surface area contributed by atoms with Gasteiger partial charge in [0.15, 0.2) is 0 Å². The highest BCUT2D eigenvalue weighted by molar-refractivity contribution is 5.80. The summed E-state index contributed by atoms with van der Waals surface area (Å²) in [6.45, 7) is -18.7. The van der Waals surface area contributed by atoms with Gasteiger partial charge < -0.3 is 166 Å². The van der Waals surface area contributed by atoms with E-state index in [1.54, 1.807) is 0 Å². The minimum Gasteiger partial charge on any atom is -0.480 e. The number of carbonyl (C=O) groups is 9. The number of rotatable bonds is 60. The Balaban J connectivity index is 6.54. The topological polar surface area (TPSA) is 758 Å². The first-order valence-corrected chi connectivity index (χ1v) is 30.5. The molecule has 49 nitrogen and oxygen atoms in total. The molecule has 0 unspecified atom stereocenters. The second-order valence-corrected chi connectivity index (χ2v) is 21.5. The lowest BCUT2D eigenvalue weighted by Crippen LogP contribution is -2.49. The molecule has 0 aromatic rings. The van der Waals surface area contributed by atoms with Crippen LogP contribution >= 0.6 is 0 Å². The van der Waals surface area contributed by atoms with E-state index >= 15 is 0 Å². The second kappa shape index (κ2) is 53.9. The van der Waals surface area contributed by atoms with Crippen molar-refractivity contribution >= 4 is 78.5 Å². The summed E-state index contributed by atoms with van der Waals surface area (Å²) in [4.78, 5) is 138. The standard InChI is InChI=1S/C54H93N9O40/c64-22-34(72)51(92)47(88)30(68)13-55-100-26-43(84)96-9-5-62(6-10-97-44(85)27-101-56-14-31(69)48(89)52(93)35(73)23-65)38(76)17-60(20-41(80)81)3-1-59(19-40(78)79)2-4-61(21-42(82)83)18-39(77)63(7-11-98-45(86)28-102-57-15-32(70)49(90)53(94)36(74)24-66)8-12-99-46(87)29-103-58-16-33(71)50(91)54(95)37(75)25-67/h13-16,30-37,47-54,64-75,88-95H,1-12,17-29H2,(H,78,79)(H,80,81)(H,82,83)/b55-13-,56-14+,57-15-,58-16+/t30-,31-,32-,33-,34+,35+,36+,37+,47-,48-,49-,50-,51+,52+,53+,54+/m0/s1. The molecule has 0 aliphatic rings. The van der Waals surface area contributed by atoms with Gasteiger partial charge in [0.1, 0.15) is 124 Å². The Kier molecular flexibility index (Phi) is 49.8. The first-order valence-electron chi connectivity index (χ1n) is 30.5. The quantitative estimate of drug-likeness (QED) is 0.0116. The van der Waals surface area contributed by atoms with Crippen molar-refractivity contribution < 1.29 is 199 Å². The molecule has 23 N–H and O–H groups in total. The Hall–Kier alpha value is -7.81. The van der Waals surface area contributed by atoms with Crippen LogP contribution in [0.4, 0.5) is 0 Å². The van der Waals surface area contributed by atoms with Gasteiger partial charge in [-0.2, -0.15) is 0 Å². The molecule has 0 saturated carbocycles. The first-order chi connectivity index (χ1) is 48.5. The van der Waals surface area contributed by atoms with Gasteiger partial charge in [0.2, 0.25) is 38.2 Å². The van der Waals surface area contributed by atoms with E-state index in [0.29, 0.717) is 24.9 Å². The van der Waals surface area contributed by atoms with Crippen molar-refractivity contribution in [1.29, 1.82) is 0 Å². The Morgan fingerprint density at radius 3 is 0.699 bits per heavy atom. The summed E-state index contributed by atoms with van der Waals surface area (Å²) in [5, 5.41) is 235. The van der Waals surface area contributed by atoms with Crippen molar-refractivity contribution in [2.75, 3.05) is 164 Å². The number of hydrogen-bond donors (Lipinski definition) is 23. The zero-order chi connectivity index (χ0) is 78.3. The SMILES string of the molecule is O=C(O)CN(CCN(CC(=O)O)CC(=O)N(CCOC(=O)CO/N=C\[C@H](O)[C@H](O)[C@H](O)[C@H](O)CO)CCOC(=O)CO/N=C/[C@H](O)[C@H](O)[C@H](O)[C@H](O)CO)CCN(CC(=O)O)CC(=O)N(CCOC(=O)CO/N=C\[C@H](O)[C@H](O)[C@H](O)[C@H](O)CO)CCOC(=O)CO/N=C/[C@H](O)[C@H](O)[C@H](O)[C@H](O)CO. The van der Waals surface area contributed by atoms with Crippen LogP contribution in [0.3, 0.4) is 0 Å². The zero-order valence-corrected chi connectivity index (χ0v) is 55.0. The van der Waals surface area contributed by atoms with Crippen molar-refractivity contribution in [1.82, 2.24) is 24.5 Å². The number of carbonyl (C=O) groups excluding carboxylic acids is 6. The van der Waals surface area contributed by atoms with E-state index in [4.69, 9.17) is 39.4 Å². The van der Waals surface area contributed by atoms with Crippen LogP contribution in [0.5, 0.6) is 0 Å². The lowest BCUT2D eigenvalue weighted by Gasteiger charge is -2.30. The number of nitrogens with zero attached hydrogens (tertiary/aromatic N) is 9. The molecule has 16 atom stereocenters. The Bertz CT molecular complexity index is 2320. The van der Waals surface area contributed by atoms with Gasteiger partial charge in [0.05, 0.1) is 110 Å². The van der Waals surface area contributed by atoms with Gasteiger partial charge in [-0.25, -0.2) is 19.2 Å². The van der Waals surface area contributed by atoms with Crippen LogP contribution in [-0.4, -0.2) is 482 Å². The third kappa shape index (κ3) is 41.9. The average Bonchev–Trinajstić information content (AvgIpc) is 0.981. The van der Waals surface area contributed by atoms with E-state index in [1.165, 1.54) is 0 Å². The summed E-state index contributed by atoms with van der Waals surface area (Å²) in [7, 11) is 0. The average molecular weight is 1510 g/mol. The molecule has 594 valence electrons. The first kappa shape index (κ1) is 95.2. The molecule has 0 spiro atoms. The summed E-state index contributed by atoms with van der Waals surface area (Å²) in [6, 6.07) is 0. The second-order valence-electron chi connectivity index (χ2n) is 21.5.